The number of nitrogens with two attached hydrogens (primary N) is 1. The first-order valence-corrected chi connectivity index (χ1v) is 9.46. The number of nitrogen functional groups attached to an aromatic ring is 1. The van der Waals surface area contributed by atoms with E-state index in [1.54, 1.807) is 0 Å². The maximum absolute atomic E-state index is 6.14. The summed E-state index contributed by atoms with van der Waals surface area (Å²) >= 11 is 3.50. The Balaban J connectivity index is 1.58. The number of rotatable bonds is 10. The summed E-state index contributed by atoms with van der Waals surface area (Å²) < 4.78 is 6.77. The van der Waals surface area contributed by atoms with Gasteiger partial charge in [0.1, 0.15) is 0 Å². The first kappa shape index (κ1) is 19.8. The van der Waals surface area contributed by atoms with Crippen molar-refractivity contribution in [1.82, 2.24) is 4.90 Å². The van der Waals surface area contributed by atoms with E-state index in [9.17, 15) is 0 Å². The molecular formula is C20H28BrN3O. The molecule has 5 heteroatoms. The Morgan fingerprint density at radius 1 is 1.12 bits per heavy atom. The van der Waals surface area contributed by atoms with Gasteiger partial charge in [0, 0.05) is 30.7 Å². The summed E-state index contributed by atoms with van der Waals surface area (Å²) in [6, 6.07) is 14.3. The van der Waals surface area contributed by atoms with Crippen molar-refractivity contribution in [3.05, 3.63) is 58.1 Å². The number of benzene rings is 2. The molecule has 25 heavy (non-hydrogen) atoms. The Labute approximate surface area is 159 Å². The van der Waals surface area contributed by atoms with Gasteiger partial charge in [-0.3, -0.25) is 0 Å². The third-order valence-electron chi connectivity index (χ3n) is 4.20. The Kier molecular flexibility index (Phi) is 8.25. The molecule has 0 saturated heterocycles. The van der Waals surface area contributed by atoms with Gasteiger partial charge >= 0.3 is 0 Å². The molecule has 2 aromatic rings. The van der Waals surface area contributed by atoms with Crippen molar-refractivity contribution in [1.29, 1.82) is 0 Å². The molecule has 0 radical (unpaired) electrons. The van der Waals surface area contributed by atoms with E-state index in [1.807, 2.05) is 37.3 Å². The number of hydrogen-bond donors (Lipinski definition) is 2. The molecule has 0 fully saturated rings. The Bertz CT molecular complexity index is 649. The number of anilines is 2. The summed E-state index contributed by atoms with van der Waals surface area (Å²) in [4.78, 5) is 2.31. The van der Waals surface area contributed by atoms with E-state index in [4.69, 9.17) is 10.5 Å². The summed E-state index contributed by atoms with van der Waals surface area (Å²) in [5, 5.41) is 3.42. The maximum Gasteiger partial charge on any atom is 0.0716 e. The predicted molar refractivity (Wildman–Crippen MR) is 110 cm³/mol. The van der Waals surface area contributed by atoms with Crippen LogP contribution in [0.4, 0.5) is 11.4 Å². The van der Waals surface area contributed by atoms with Gasteiger partial charge in [-0.05, 0) is 43.7 Å². The topological polar surface area (TPSA) is 50.5 Å². The van der Waals surface area contributed by atoms with Crippen molar-refractivity contribution < 1.29 is 4.74 Å². The predicted octanol–water partition coefficient (Wildman–Crippen LogP) is 4.29. The fraction of sp³-hybridized carbons (Fsp3) is 0.400. The van der Waals surface area contributed by atoms with Crippen LogP contribution in [0.3, 0.4) is 0 Å². The van der Waals surface area contributed by atoms with E-state index in [0.29, 0.717) is 6.61 Å². The minimum absolute atomic E-state index is 0.689. The second-order valence-corrected chi connectivity index (χ2v) is 7.11. The molecule has 0 aliphatic heterocycles. The zero-order valence-electron chi connectivity index (χ0n) is 15.1. The number of nitrogens with zero attached hydrogens (tertiary/aromatic N) is 1. The third-order valence-corrected chi connectivity index (χ3v) is 5.06. The zero-order valence-corrected chi connectivity index (χ0v) is 16.7. The standard InChI is InChI=1S/C20H28BrN3O/c1-16-18(21)9-10-19(20(16)22)23-11-13-24(2)12-6-14-25-15-17-7-4-3-5-8-17/h3-5,7-10,23H,6,11-15,22H2,1-2H3. The highest BCUT2D eigenvalue weighted by atomic mass is 79.9. The molecule has 3 N–H and O–H groups in total. The number of hydrogen-bond acceptors (Lipinski definition) is 4. The van der Waals surface area contributed by atoms with Gasteiger partial charge in [0.25, 0.3) is 0 Å². The second kappa shape index (κ2) is 10.4. The lowest BCUT2D eigenvalue weighted by molar-refractivity contribution is 0.111. The van der Waals surface area contributed by atoms with E-state index in [2.05, 4.69) is 45.3 Å². The molecule has 4 nitrogen and oxygen atoms in total. The summed E-state index contributed by atoms with van der Waals surface area (Å²) in [5.74, 6) is 0. The molecule has 0 bridgehead atoms. The molecule has 0 saturated carbocycles. The van der Waals surface area contributed by atoms with Gasteiger partial charge in [-0.25, -0.2) is 0 Å². The highest BCUT2D eigenvalue weighted by Gasteiger charge is 2.05. The molecule has 0 atom stereocenters. The highest BCUT2D eigenvalue weighted by molar-refractivity contribution is 9.10. The summed E-state index contributed by atoms with van der Waals surface area (Å²) in [5.41, 5.74) is 10.3. The Morgan fingerprint density at radius 2 is 1.88 bits per heavy atom. The fourth-order valence-corrected chi connectivity index (χ4v) is 2.90. The van der Waals surface area contributed by atoms with E-state index in [0.717, 1.165) is 54.1 Å². The van der Waals surface area contributed by atoms with Crippen LogP contribution < -0.4 is 11.1 Å². The number of halogens is 1. The van der Waals surface area contributed by atoms with Crippen LogP contribution in [0.1, 0.15) is 17.5 Å². The molecule has 0 aromatic heterocycles. The highest BCUT2D eigenvalue weighted by Crippen LogP contribution is 2.28. The molecule has 2 aromatic carbocycles. The van der Waals surface area contributed by atoms with E-state index < -0.39 is 0 Å². The monoisotopic (exact) mass is 405 g/mol. The summed E-state index contributed by atoms with van der Waals surface area (Å²) in [6.07, 6.45) is 1.03. The zero-order chi connectivity index (χ0) is 18.1. The van der Waals surface area contributed by atoms with Crippen LogP contribution in [-0.4, -0.2) is 38.2 Å². The van der Waals surface area contributed by atoms with Gasteiger partial charge in [-0.1, -0.05) is 46.3 Å². The fourth-order valence-electron chi connectivity index (χ4n) is 2.55. The van der Waals surface area contributed by atoms with E-state index in [1.165, 1.54) is 5.56 Å². The van der Waals surface area contributed by atoms with Crippen molar-refractivity contribution in [2.45, 2.75) is 20.0 Å². The Hall–Kier alpha value is -1.56. The summed E-state index contributed by atoms with van der Waals surface area (Å²) in [6.45, 7) is 6.34. The lowest BCUT2D eigenvalue weighted by atomic mass is 10.2. The van der Waals surface area contributed by atoms with Crippen molar-refractivity contribution in [2.24, 2.45) is 0 Å². The van der Waals surface area contributed by atoms with Gasteiger partial charge in [0.2, 0.25) is 0 Å². The van der Waals surface area contributed by atoms with Crippen LogP contribution >= 0.6 is 15.9 Å². The molecule has 0 aliphatic rings. The van der Waals surface area contributed by atoms with Crippen LogP contribution in [-0.2, 0) is 11.3 Å². The van der Waals surface area contributed by atoms with Crippen LogP contribution in [0.15, 0.2) is 46.9 Å². The average molecular weight is 406 g/mol. The SMILES string of the molecule is Cc1c(Br)ccc(NCCN(C)CCCOCc2ccccc2)c1N. The molecule has 0 aliphatic carbocycles. The van der Waals surface area contributed by atoms with Crippen LogP contribution in [0.5, 0.6) is 0 Å². The molecule has 0 amide bonds. The van der Waals surface area contributed by atoms with E-state index in [-0.39, 0.29) is 0 Å². The van der Waals surface area contributed by atoms with Gasteiger partial charge < -0.3 is 20.7 Å². The van der Waals surface area contributed by atoms with Gasteiger partial charge in [0.15, 0.2) is 0 Å². The van der Waals surface area contributed by atoms with Crippen molar-refractivity contribution in [3.8, 4) is 0 Å². The molecule has 2 rings (SSSR count). The largest absolute Gasteiger partial charge is 0.397 e. The lowest BCUT2D eigenvalue weighted by Gasteiger charge is -2.18. The van der Waals surface area contributed by atoms with Crippen molar-refractivity contribution in [3.63, 3.8) is 0 Å². The van der Waals surface area contributed by atoms with Crippen molar-refractivity contribution >= 4 is 27.3 Å². The van der Waals surface area contributed by atoms with Gasteiger partial charge in [0.05, 0.1) is 18.0 Å². The molecule has 0 heterocycles. The van der Waals surface area contributed by atoms with E-state index >= 15 is 0 Å². The summed E-state index contributed by atoms with van der Waals surface area (Å²) in [7, 11) is 2.13. The number of likely N-dealkylation sites (N-methyl/N-ethyl adjacent to an activating group) is 1. The molecule has 0 unspecified atom stereocenters. The quantitative estimate of drug-likeness (QED) is 0.457. The smallest absolute Gasteiger partial charge is 0.0716 e. The van der Waals surface area contributed by atoms with Crippen LogP contribution in [0.25, 0.3) is 0 Å². The van der Waals surface area contributed by atoms with Crippen molar-refractivity contribution in [2.75, 3.05) is 44.3 Å². The minimum Gasteiger partial charge on any atom is -0.397 e. The van der Waals surface area contributed by atoms with Crippen LogP contribution in [0, 0.1) is 6.92 Å². The molecule has 136 valence electrons. The second-order valence-electron chi connectivity index (χ2n) is 6.26. The number of ether oxygens (including phenoxy) is 1. The van der Waals surface area contributed by atoms with Crippen LogP contribution in [0.2, 0.25) is 0 Å². The Morgan fingerprint density at radius 3 is 2.64 bits per heavy atom. The first-order valence-electron chi connectivity index (χ1n) is 8.66. The lowest BCUT2D eigenvalue weighted by Crippen LogP contribution is -2.27. The maximum atomic E-state index is 6.14. The minimum atomic E-state index is 0.689. The normalized spacial score (nSPS) is 11.0. The van der Waals surface area contributed by atoms with Gasteiger partial charge in [-0.2, -0.15) is 0 Å². The molecular weight excluding hydrogens is 378 g/mol. The molecule has 0 spiro atoms. The number of nitrogens with one attached hydrogen (secondary N) is 1. The average Bonchev–Trinajstić information content (AvgIpc) is 2.62. The first-order chi connectivity index (χ1) is 12.1. The third kappa shape index (κ3) is 6.69. The van der Waals surface area contributed by atoms with Gasteiger partial charge in [-0.15, -0.1) is 0 Å².